The summed E-state index contributed by atoms with van der Waals surface area (Å²) in [5.74, 6) is -3.58. The van der Waals surface area contributed by atoms with Gasteiger partial charge in [0, 0.05) is 24.3 Å². The number of ether oxygens (including phenoxy) is 2. The maximum Gasteiger partial charge on any atom is 0.313 e. The molecule has 3 fully saturated rings. The minimum absolute atomic E-state index is 0.122. The number of carbonyl (C=O) groups is 4. The predicted octanol–water partition coefficient (Wildman–Crippen LogP) is 5.10. The fourth-order valence-electron chi connectivity index (χ4n) is 7.90. The molecule has 1 spiro atoms. The molecule has 3 amide bonds. The number of allylic oxidation sites excluding steroid dienone is 1. The van der Waals surface area contributed by atoms with Gasteiger partial charge in [-0.1, -0.05) is 98.4 Å². The quantitative estimate of drug-likeness (QED) is 0.0875. The maximum atomic E-state index is 14.8. The summed E-state index contributed by atoms with van der Waals surface area (Å²) in [6.45, 7) is 15.8. The molecule has 1 aromatic carbocycles. The first-order valence-electron chi connectivity index (χ1n) is 17.8. The molecule has 0 aliphatic carbocycles. The lowest BCUT2D eigenvalue weighted by Crippen LogP contribution is -2.60. The second-order valence-electron chi connectivity index (χ2n) is 13.8. The van der Waals surface area contributed by atoms with Crippen molar-refractivity contribution >= 4 is 39.6 Å². The van der Waals surface area contributed by atoms with Gasteiger partial charge in [-0.3, -0.25) is 19.2 Å². The summed E-state index contributed by atoms with van der Waals surface area (Å²) >= 11 is 3.75. The van der Waals surface area contributed by atoms with Gasteiger partial charge in [0.05, 0.1) is 36.6 Å². The summed E-state index contributed by atoms with van der Waals surface area (Å²) in [6, 6.07) is 6.92. The Kier molecular flexibility index (Phi) is 13.7. The summed E-state index contributed by atoms with van der Waals surface area (Å²) in [5, 5.41) is 13.6. The van der Waals surface area contributed by atoms with Gasteiger partial charge in [-0.05, 0) is 37.7 Å². The number of hydrogen-bond donors (Lipinski definition) is 2. The zero-order chi connectivity index (χ0) is 35.9. The Hall–Kier alpha value is -3.02. The molecule has 2 bridgehead atoms. The van der Waals surface area contributed by atoms with Gasteiger partial charge in [0.15, 0.2) is 0 Å². The SMILES string of the molecule is C=CCCC(=O)N[C@H](C)[C@@H](OC(=O)[C@H]1[C@@H]2O[C@@]3(CC2Br)[C@@H]1C(=O)N([C@@H](CO)[C@@H](C)CC)[C@@H]3C(=O)N(CC=C)CCCCC)c1ccccc1. The van der Waals surface area contributed by atoms with Crippen LogP contribution in [0.5, 0.6) is 0 Å². The molecule has 10 atom stereocenters. The first kappa shape index (κ1) is 38.8. The lowest BCUT2D eigenvalue weighted by Gasteiger charge is -2.41. The number of esters is 1. The van der Waals surface area contributed by atoms with Crippen molar-refractivity contribution in [1.82, 2.24) is 15.1 Å². The summed E-state index contributed by atoms with van der Waals surface area (Å²) in [6.07, 6.45) is 6.30. The second kappa shape index (κ2) is 17.3. The van der Waals surface area contributed by atoms with Crippen molar-refractivity contribution in [1.29, 1.82) is 0 Å². The van der Waals surface area contributed by atoms with Gasteiger partial charge >= 0.3 is 5.97 Å². The van der Waals surface area contributed by atoms with Crippen molar-refractivity contribution in [2.45, 2.75) is 113 Å². The molecule has 3 saturated heterocycles. The van der Waals surface area contributed by atoms with Crippen LogP contribution in [0.1, 0.15) is 84.3 Å². The van der Waals surface area contributed by atoms with Crippen LogP contribution in [0.25, 0.3) is 0 Å². The third-order valence-electron chi connectivity index (χ3n) is 10.6. The van der Waals surface area contributed by atoms with E-state index in [1.54, 1.807) is 24.0 Å². The summed E-state index contributed by atoms with van der Waals surface area (Å²) < 4.78 is 13.0. The molecule has 0 saturated carbocycles. The fraction of sp³-hybridized carbons (Fsp3) is 0.632. The van der Waals surface area contributed by atoms with Crippen LogP contribution in [0.15, 0.2) is 55.6 Å². The molecule has 4 rings (SSSR count). The van der Waals surface area contributed by atoms with E-state index < -0.39 is 53.7 Å². The molecule has 3 heterocycles. The Bertz CT molecular complexity index is 1340. The Morgan fingerprint density at radius 1 is 1.18 bits per heavy atom. The number of unbranched alkanes of at least 4 members (excludes halogenated alkanes) is 2. The number of alkyl halides is 1. The van der Waals surface area contributed by atoms with Gasteiger partial charge < -0.3 is 29.7 Å². The highest BCUT2D eigenvalue weighted by Gasteiger charge is 2.77. The molecule has 1 unspecified atom stereocenters. The van der Waals surface area contributed by atoms with Crippen LogP contribution in [0.4, 0.5) is 0 Å². The van der Waals surface area contributed by atoms with Crippen molar-refractivity contribution in [2.24, 2.45) is 17.8 Å². The smallest absolute Gasteiger partial charge is 0.313 e. The molecule has 1 aromatic rings. The van der Waals surface area contributed by atoms with E-state index in [2.05, 4.69) is 41.3 Å². The van der Waals surface area contributed by atoms with Gasteiger partial charge in [-0.15, -0.1) is 13.2 Å². The monoisotopic (exact) mass is 743 g/mol. The number of aliphatic hydroxyl groups excluding tert-OH is 1. The first-order chi connectivity index (χ1) is 23.5. The summed E-state index contributed by atoms with van der Waals surface area (Å²) in [5.41, 5.74) is -0.604. The van der Waals surface area contributed by atoms with Gasteiger partial charge in [-0.2, -0.15) is 0 Å². The van der Waals surface area contributed by atoms with Crippen molar-refractivity contribution in [3.63, 3.8) is 0 Å². The Morgan fingerprint density at radius 3 is 2.51 bits per heavy atom. The fourth-order valence-corrected chi connectivity index (χ4v) is 8.84. The number of halogens is 1. The van der Waals surface area contributed by atoms with Crippen molar-refractivity contribution in [3.05, 3.63) is 61.2 Å². The number of rotatable bonds is 19. The number of carbonyl (C=O) groups excluding carboxylic acids is 4. The molecule has 0 radical (unpaired) electrons. The molecular formula is C38H54BrN3O7. The lowest BCUT2D eigenvalue weighted by molar-refractivity contribution is -0.163. The molecular weight excluding hydrogens is 690 g/mol. The number of hydrogen-bond acceptors (Lipinski definition) is 7. The average molecular weight is 745 g/mol. The van der Waals surface area contributed by atoms with Gasteiger partial charge in [0.1, 0.15) is 17.7 Å². The predicted molar refractivity (Wildman–Crippen MR) is 191 cm³/mol. The normalized spacial score (nSPS) is 27.9. The number of benzene rings is 1. The maximum absolute atomic E-state index is 14.8. The number of fused-ring (bicyclic) bond motifs is 1. The van der Waals surface area contributed by atoms with E-state index in [0.717, 1.165) is 19.3 Å². The number of amides is 3. The Balaban J connectivity index is 1.74. The molecule has 11 heteroatoms. The molecule has 2 N–H and O–H groups in total. The third-order valence-corrected chi connectivity index (χ3v) is 11.4. The standard InChI is InChI=1S/C38H54BrN3O7/c1-7-11-16-21-41(20-9-3)36(46)34-38-22-27(39)33(49-38)30(31(38)35(45)42(34)28(23-43)24(5)10-4)37(47)48-32(26-17-14-13-15-18-26)25(6)40-29(44)19-12-8-2/h8-9,13-15,17-18,24-25,27-28,30-34,43H,2-3,7,10-12,16,19-23H2,1,4-6H3,(H,40,44)/t24-,25+,27?,28-,30+,31-,32+,33+,34+,38-/m0/s1. The average Bonchev–Trinajstić information content (AvgIpc) is 3.69. The highest BCUT2D eigenvalue weighted by atomic mass is 79.9. The lowest BCUT2D eigenvalue weighted by atomic mass is 9.70. The zero-order valence-electron chi connectivity index (χ0n) is 29.4. The van der Waals surface area contributed by atoms with Crippen molar-refractivity contribution in [2.75, 3.05) is 19.7 Å². The Labute approximate surface area is 299 Å². The minimum atomic E-state index is -1.30. The number of aliphatic hydroxyl groups is 1. The van der Waals surface area contributed by atoms with E-state index in [0.29, 0.717) is 37.9 Å². The molecule has 3 aliphatic rings. The van der Waals surface area contributed by atoms with E-state index in [9.17, 15) is 24.3 Å². The number of likely N-dealkylation sites (tertiary alicyclic amines) is 1. The minimum Gasteiger partial charge on any atom is -0.455 e. The first-order valence-corrected chi connectivity index (χ1v) is 18.7. The van der Waals surface area contributed by atoms with Crippen molar-refractivity contribution in [3.8, 4) is 0 Å². The van der Waals surface area contributed by atoms with Crippen LogP contribution in [-0.4, -0.2) is 93.0 Å². The molecule has 0 aromatic heterocycles. The summed E-state index contributed by atoms with van der Waals surface area (Å²) in [7, 11) is 0. The van der Waals surface area contributed by atoms with E-state index in [4.69, 9.17) is 9.47 Å². The van der Waals surface area contributed by atoms with Crippen LogP contribution < -0.4 is 5.32 Å². The zero-order valence-corrected chi connectivity index (χ0v) is 31.0. The van der Waals surface area contributed by atoms with Crippen LogP contribution in [-0.2, 0) is 28.7 Å². The number of nitrogens with one attached hydrogen (secondary N) is 1. The van der Waals surface area contributed by atoms with Crippen LogP contribution in [0.2, 0.25) is 0 Å². The molecule has 49 heavy (non-hydrogen) atoms. The van der Waals surface area contributed by atoms with Crippen molar-refractivity contribution < 1.29 is 33.8 Å². The highest BCUT2D eigenvalue weighted by molar-refractivity contribution is 9.09. The largest absolute Gasteiger partial charge is 0.455 e. The van der Waals surface area contributed by atoms with Gasteiger partial charge in [0.25, 0.3) is 0 Å². The third kappa shape index (κ3) is 7.84. The Morgan fingerprint density at radius 2 is 1.90 bits per heavy atom. The second-order valence-corrected chi connectivity index (χ2v) is 15.0. The summed E-state index contributed by atoms with van der Waals surface area (Å²) in [4.78, 5) is 59.5. The molecule has 3 aliphatic heterocycles. The van der Waals surface area contributed by atoms with Crippen LogP contribution in [0, 0.1) is 17.8 Å². The molecule has 10 nitrogen and oxygen atoms in total. The van der Waals surface area contributed by atoms with Crippen LogP contribution >= 0.6 is 15.9 Å². The van der Waals surface area contributed by atoms with E-state index in [1.165, 1.54) is 4.90 Å². The van der Waals surface area contributed by atoms with E-state index >= 15 is 0 Å². The number of nitrogens with zero attached hydrogens (tertiary/aromatic N) is 2. The van der Waals surface area contributed by atoms with Gasteiger partial charge in [0.2, 0.25) is 17.7 Å². The van der Waals surface area contributed by atoms with Crippen LogP contribution in [0.3, 0.4) is 0 Å². The molecule has 270 valence electrons. The van der Waals surface area contributed by atoms with E-state index in [-0.39, 0.29) is 41.5 Å². The van der Waals surface area contributed by atoms with E-state index in [1.807, 2.05) is 44.2 Å². The highest BCUT2D eigenvalue weighted by Crippen LogP contribution is 2.61. The topological polar surface area (TPSA) is 125 Å². The van der Waals surface area contributed by atoms with Gasteiger partial charge in [-0.25, -0.2) is 0 Å².